The summed E-state index contributed by atoms with van der Waals surface area (Å²) in [5.41, 5.74) is 0.994. The minimum absolute atomic E-state index is 0.230. The first-order valence-electron chi connectivity index (χ1n) is 8.93. The number of nitrogens with zero attached hydrogens (tertiary/aromatic N) is 3. The first kappa shape index (κ1) is 20.4. The van der Waals surface area contributed by atoms with Gasteiger partial charge in [0.1, 0.15) is 11.8 Å². The van der Waals surface area contributed by atoms with Crippen molar-refractivity contribution in [3.05, 3.63) is 29.8 Å². The van der Waals surface area contributed by atoms with E-state index >= 15 is 0 Å². The van der Waals surface area contributed by atoms with Crippen molar-refractivity contribution in [2.45, 2.75) is 32.5 Å². The van der Waals surface area contributed by atoms with Crippen LogP contribution in [0.5, 0.6) is 5.75 Å². The van der Waals surface area contributed by atoms with Gasteiger partial charge in [0.2, 0.25) is 0 Å². The van der Waals surface area contributed by atoms with Gasteiger partial charge in [-0.2, -0.15) is 13.2 Å². The summed E-state index contributed by atoms with van der Waals surface area (Å²) in [6.07, 6.45) is -3.50. The van der Waals surface area contributed by atoms with Crippen LogP contribution in [0.3, 0.4) is 0 Å². The molecule has 146 valence electrons. The van der Waals surface area contributed by atoms with Gasteiger partial charge in [0.15, 0.2) is 5.96 Å². The summed E-state index contributed by atoms with van der Waals surface area (Å²) >= 11 is 0. The average Bonchev–Trinajstić information content (AvgIpc) is 2.60. The van der Waals surface area contributed by atoms with Gasteiger partial charge in [-0.05, 0) is 38.0 Å². The third kappa shape index (κ3) is 5.79. The number of aliphatic imine (C=N–C) groups is 1. The molecule has 8 heteroatoms. The van der Waals surface area contributed by atoms with Crippen LogP contribution in [0.1, 0.15) is 19.4 Å². The lowest BCUT2D eigenvalue weighted by atomic mass is 10.1. The van der Waals surface area contributed by atoms with E-state index in [1.54, 1.807) is 18.2 Å². The Labute approximate surface area is 152 Å². The summed E-state index contributed by atoms with van der Waals surface area (Å²) in [5, 5.41) is 12.7. The lowest BCUT2D eigenvalue weighted by Crippen LogP contribution is -2.56. The zero-order chi connectivity index (χ0) is 19.2. The number of rotatable bonds is 5. The summed E-state index contributed by atoms with van der Waals surface area (Å²) in [5.74, 6) is 0.959. The number of alkyl halides is 3. The molecule has 1 aliphatic heterocycles. The molecule has 1 aliphatic rings. The standard InChI is InChI=1S/C18H27F3N4O/c1-3-22-17(23-8-7-15-5-4-6-16(26)13-15)25-11-9-24(10-12-25)14(2)18(19,20)21/h4-6,13-14,26H,3,7-12H2,1-2H3,(H,22,23). The number of halogens is 3. The fourth-order valence-corrected chi connectivity index (χ4v) is 2.96. The molecule has 0 bridgehead atoms. The molecular formula is C18H27F3N4O. The molecule has 1 aromatic carbocycles. The van der Waals surface area contributed by atoms with Gasteiger partial charge >= 0.3 is 6.18 Å². The highest BCUT2D eigenvalue weighted by Gasteiger charge is 2.41. The largest absolute Gasteiger partial charge is 0.508 e. The third-order valence-corrected chi connectivity index (χ3v) is 4.54. The molecule has 5 nitrogen and oxygen atoms in total. The third-order valence-electron chi connectivity index (χ3n) is 4.54. The van der Waals surface area contributed by atoms with Crippen LogP contribution in [0.4, 0.5) is 13.2 Å². The molecule has 0 spiro atoms. The van der Waals surface area contributed by atoms with Crippen molar-refractivity contribution in [3.8, 4) is 5.75 Å². The quantitative estimate of drug-likeness (QED) is 0.616. The number of piperazine rings is 1. The molecule has 0 aliphatic carbocycles. The predicted molar refractivity (Wildman–Crippen MR) is 96.5 cm³/mol. The van der Waals surface area contributed by atoms with E-state index < -0.39 is 12.2 Å². The van der Waals surface area contributed by atoms with Gasteiger partial charge < -0.3 is 15.3 Å². The molecule has 1 saturated heterocycles. The second-order valence-corrected chi connectivity index (χ2v) is 6.40. The fraction of sp³-hybridized carbons (Fsp3) is 0.611. The molecule has 1 heterocycles. The first-order valence-corrected chi connectivity index (χ1v) is 8.93. The monoisotopic (exact) mass is 372 g/mol. The van der Waals surface area contributed by atoms with Crippen molar-refractivity contribution in [3.63, 3.8) is 0 Å². The summed E-state index contributed by atoms with van der Waals surface area (Å²) in [6, 6.07) is 5.63. The molecule has 0 saturated carbocycles. The van der Waals surface area contributed by atoms with Crippen LogP contribution in [0.15, 0.2) is 29.3 Å². The Balaban J connectivity index is 1.91. The number of benzene rings is 1. The van der Waals surface area contributed by atoms with Gasteiger partial charge in [-0.3, -0.25) is 9.89 Å². The van der Waals surface area contributed by atoms with Crippen molar-refractivity contribution < 1.29 is 18.3 Å². The molecule has 1 aromatic rings. The van der Waals surface area contributed by atoms with Gasteiger partial charge in [0.25, 0.3) is 0 Å². The van der Waals surface area contributed by atoms with Crippen molar-refractivity contribution in [1.82, 2.24) is 15.1 Å². The van der Waals surface area contributed by atoms with Gasteiger partial charge in [-0.1, -0.05) is 12.1 Å². The maximum absolute atomic E-state index is 12.9. The van der Waals surface area contributed by atoms with Crippen LogP contribution in [0, 0.1) is 0 Å². The van der Waals surface area contributed by atoms with Gasteiger partial charge in [-0.15, -0.1) is 0 Å². The van der Waals surface area contributed by atoms with E-state index in [0.717, 1.165) is 11.5 Å². The predicted octanol–water partition coefficient (Wildman–Crippen LogP) is 2.47. The molecule has 1 atom stereocenters. The highest BCUT2D eigenvalue weighted by atomic mass is 19.4. The van der Waals surface area contributed by atoms with Crippen LogP contribution in [0.25, 0.3) is 0 Å². The van der Waals surface area contributed by atoms with Crippen molar-refractivity contribution in [1.29, 1.82) is 0 Å². The fourth-order valence-electron chi connectivity index (χ4n) is 2.96. The molecule has 26 heavy (non-hydrogen) atoms. The summed E-state index contributed by atoms with van der Waals surface area (Å²) < 4.78 is 38.6. The highest BCUT2D eigenvalue weighted by molar-refractivity contribution is 5.80. The van der Waals surface area contributed by atoms with E-state index in [-0.39, 0.29) is 5.75 Å². The molecule has 2 rings (SSSR count). The molecule has 0 amide bonds. The number of hydrogen-bond acceptors (Lipinski definition) is 3. The van der Waals surface area contributed by atoms with Crippen LogP contribution < -0.4 is 5.32 Å². The molecule has 2 N–H and O–H groups in total. The second-order valence-electron chi connectivity index (χ2n) is 6.40. The van der Waals surface area contributed by atoms with Gasteiger partial charge in [-0.25, -0.2) is 0 Å². The lowest BCUT2D eigenvalue weighted by molar-refractivity contribution is -0.181. The molecule has 1 unspecified atom stereocenters. The van der Waals surface area contributed by atoms with Gasteiger partial charge in [0, 0.05) is 39.3 Å². The SMILES string of the molecule is CCNC(=NCCc1cccc(O)c1)N1CCN(C(C)C(F)(F)F)CC1. The van der Waals surface area contributed by atoms with E-state index in [9.17, 15) is 18.3 Å². The lowest BCUT2D eigenvalue weighted by Gasteiger charge is -2.39. The normalized spacial score (nSPS) is 18.0. The number of guanidine groups is 1. The van der Waals surface area contributed by atoms with E-state index in [0.29, 0.717) is 45.7 Å². The van der Waals surface area contributed by atoms with Gasteiger partial charge in [0.05, 0.1) is 0 Å². The Hall–Kier alpha value is -1.96. The number of nitrogens with one attached hydrogen (secondary N) is 1. The molecule has 0 radical (unpaired) electrons. The first-order chi connectivity index (χ1) is 12.3. The Kier molecular flexibility index (Phi) is 7.14. The number of phenolic OH excluding ortho intramolecular Hbond substituents is 1. The molecule has 0 aromatic heterocycles. The van der Waals surface area contributed by atoms with E-state index in [2.05, 4.69) is 10.3 Å². The minimum Gasteiger partial charge on any atom is -0.508 e. The Bertz CT molecular complexity index is 598. The number of hydrogen-bond donors (Lipinski definition) is 2. The van der Waals surface area contributed by atoms with Crippen LogP contribution >= 0.6 is 0 Å². The van der Waals surface area contributed by atoms with Crippen molar-refractivity contribution in [2.75, 3.05) is 39.3 Å². The Morgan fingerprint density at radius 2 is 1.96 bits per heavy atom. The van der Waals surface area contributed by atoms with E-state index in [4.69, 9.17) is 0 Å². The summed E-state index contributed by atoms with van der Waals surface area (Å²) in [7, 11) is 0. The zero-order valence-electron chi connectivity index (χ0n) is 15.3. The van der Waals surface area contributed by atoms with Crippen LogP contribution in [0.2, 0.25) is 0 Å². The highest BCUT2D eigenvalue weighted by Crippen LogP contribution is 2.25. The minimum atomic E-state index is -4.19. The van der Waals surface area contributed by atoms with Crippen LogP contribution in [-0.2, 0) is 6.42 Å². The number of phenols is 1. The number of aromatic hydroxyl groups is 1. The van der Waals surface area contributed by atoms with Crippen molar-refractivity contribution >= 4 is 5.96 Å². The maximum atomic E-state index is 12.9. The maximum Gasteiger partial charge on any atom is 0.403 e. The van der Waals surface area contributed by atoms with Crippen LogP contribution in [-0.4, -0.2) is 72.4 Å². The average molecular weight is 372 g/mol. The molecular weight excluding hydrogens is 345 g/mol. The molecule has 1 fully saturated rings. The summed E-state index contributed by atoms with van der Waals surface area (Å²) in [6.45, 7) is 6.16. The topological polar surface area (TPSA) is 51.1 Å². The van der Waals surface area contributed by atoms with E-state index in [1.807, 2.05) is 17.9 Å². The van der Waals surface area contributed by atoms with Crippen molar-refractivity contribution in [2.24, 2.45) is 4.99 Å². The zero-order valence-corrected chi connectivity index (χ0v) is 15.3. The second kappa shape index (κ2) is 9.12. The summed E-state index contributed by atoms with van der Waals surface area (Å²) in [4.78, 5) is 8.06. The van der Waals surface area contributed by atoms with E-state index in [1.165, 1.54) is 11.8 Å². The Morgan fingerprint density at radius 3 is 2.54 bits per heavy atom. The Morgan fingerprint density at radius 1 is 1.27 bits per heavy atom. The smallest absolute Gasteiger partial charge is 0.403 e.